The van der Waals surface area contributed by atoms with Crippen LogP contribution in [0.5, 0.6) is 0 Å². The van der Waals surface area contributed by atoms with Gasteiger partial charge in [-0.3, -0.25) is 0 Å². The second-order valence-electron chi connectivity index (χ2n) is 7.27. The standard InChI is InChI=1S/C24H21ClN4O2/c1-15-12-16(2)14-20(13-15)26-24(30)27-21(17-6-4-3-5-7-17)23-29-28-22(31-23)18-8-10-19(25)11-9-18/h3-14,21H,1-2H3,(H2,26,27,30)/t21-/m1/s1. The van der Waals surface area contributed by atoms with Gasteiger partial charge in [-0.05, 0) is 66.9 Å². The van der Waals surface area contributed by atoms with Gasteiger partial charge < -0.3 is 15.1 Å². The van der Waals surface area contributed by atoms with Gasteiger partial charge in [0.25, 0.3) is 0 Å². The van der Waals surface area contributed by atoms with Crippen LogP contribution in [-0.4, -0.2) is 16.2 Å². The number of halogens is 1. The van der Waals surface area contributed by atoms with E-state index < -0.39 is 6.04 Å². The van der Waals surface area contributed by atoms with E-state index in [1.165, 1.54) is 0 Å². The van der Waals surface area contributed by atoms with Crippen LogP contribution in [0.3, 0.4) is 0 Å². The number of aryl methyl sites for hydroxylation is 2. The maximum absolute atomic E-state index is 12.8. The molecule has 0 bridgehead atoms. The van der Waals surface area contributed by atoms with E-state index in [1.54, 1.807) is 24.3 Å². The number of hydrogen-bond donors (Lipinski definition) is 2. The fourth-order valence-corrected chi connectivity index (χ4v) is 3.46. The van der Waals surface area contributed by atoms with E-state index in [2.05, 4.69) is 20.8 Å². The lowest BCUT2D eigenvalue weighted by Gasteiger charge is -2.16. The van der Waals surface area contributed by atoms with Crippen molar-refractivity contribution in [3.63, 3.8) is 0 Å². The van der Waals surface area contributed by atoms with Gasteiger partial charge in [0.15, 0.2) is 0 Å². The average Bonchev–Trinajstić information content (AvgIpc) is 3.22. The van der Waals surface area contributed by atoms with Crippen LogP contribution in [0, 0.1) is 13.8 Å². The zero-order chi connectivity index (χ0) is 21.8. The summed E-state index contributed by atoms with van der Waals surface area (Å²) in [5.41, 5.74) is 4.42. The van der Waals surface area contributed by atoms with Crippen LogP contribution >= 0.6 is 11.6 Å². The molecule has 7 heteroatoms. The third-order valence-electron chi connectivity index (χ3n) is 4.67. The van der Waals surface area contributed by atoms with Crippen molar-refractivity contribution in [2.75, 3.05) is 5.32 Å². The number of urea groups is 1. The zero-order valence-corrected chi connectivity index (χ0v) is 17.9. The summed E-state index contributed by atoms with van der Waals surface area (Å²) in [6.07, 6.45) is 0. The molecule has 0 saturated heterocycles. The Kier molecular flexibility index (Phi) is 6.00. The van der Waals surface area contributed by atoms with Gasteiger partial charge in [0, 0.05) is 16.3 Å². The Morgan fingerprint density at radius 2 is 1.61 bits per heavy atom. The van der Waals surface area contributed by atoms with Gasteiger partial charge in [-0.1, -0.05) is 48.0 Å². The van der Waals surface area contributed by atoms with E-state index in [4.69, 9.17) is 16.0 Å². The second-order valence-corrected chi connectivity index (χ2v) is 7.71. The summed E-state index contributed by atoms with van der Waals surface area (Å²) in [6, 6.07) is 21.5. The van der Waals surface area contributed by atoms with Crippen LogP contribution in [-0.2, 0) is 0 Å². The van der Waals surface area contributed by atoms with Gasteiger partial charge in [-0.2, -0.15) is 0 Å². The maximum atomic E-state index is 12.8. The van der Waals surface area contributed by atoms with Crippen molar-refractivity contribution < 1.29 is 9.21 Å². The maximum Gasteiger partial charge on any atom is 0.320 e. The van der Waals surface area contributed by atoms with Gasteiger partial charge in [0.1, 0.15) is 6.04 Å². The van der Waals surface area contributed by atoms with Crippen LogP contribution in [0.25, 0.3) is 11.5 Å². The van der Waals surface area contributed by atoms with Crippen molar-refractivity contribution in [1.29, 1.82) is 0 Å². The molecule has 0 aliphatic carbocycles. The SMILES string of the molecule is Cc1cc(C)cc(NC(=O)N[C@H](c2ccccc2)c2nnc(-c3ccc(Cl)cc3)o2)c1. The molecular weight excluding hydrogens is 412 g/mol. The van der Waals surface area contributed by atoms with Gasteiger partial charge in [0.2, 0.25) is 11.8 Å². The molecule has 1 atom stereocenters. The van der Waals surface area contributed by atoms with Gasteiger partial charge in [-0.15, -0.1) is 10.2 Å². The van der Waals surface area contributed by atoms with Crippen molar-refractivity contribution >= 4 is 23.3 Å². The average molecular weight is 433 g/mol. The number of benzene rings is 3. The lowest BCUT2D eigenvalue weighted by molar-refractivity contribution is 0.248. The van der Waals surface area contributed by atoms with Crippen molar-refractivity contribution in [2.45, 2.75) is 19.9 Å². The highest BCUT2D eigenvalue weighted by molar-refractivity contribution is 6.30. The molecule has 0 aliphatic heterocycles. The van der Waals surface area contributed by atoms with E-state index in [0.29, 0.717) is 16.6 Å². The number of nitrogens with one attached hydrogen (secondary N) is 2. The normalized spacial score (nSPS) is 11.7. The first-order chi connectivity index (χ1) is 15.0. The Morgan fingerprint density at radius 3 is 2.29 bits per heavy atom. The molecule has 2 amide bonds. The third kappa shape index (κ3) is 5.10. The molecule has 2 N–H and O–H groups in total. The molecule has 0 spiro atoms. The summed E-state index contributed by atoms with van der Waals surface area (Å²) in [6.45, 7) is 3.97. The Labute approximate surface area is 185 Å². The monoisotopic (exact) mass is 432 g/mol. The Bertz CT molecular complexity index is 1170. The quantitative estimate of drug-likeness (QED) is 0.410. The predicted octanol–water partition coefficient (Wildman–Crippen LogP) is 5.92. The van der Waals surface area contributed by atoms with E-state index >= 15 is 0 Å². The Morgan fingerprint density at radius 1 is 0.935 bits per heavy atom. The number of hydrogen-bond acceptors (Lipinski definition) is 4. The fourth-order valence-electron chi connectivity index (χ4n) is 3.34. The molecule has 1 heterocycles. The van der Waals surface area contributed by atoms with Gasteiger partial charge in [-0.25, -0.2) is 4.79 Å². The number of aromatic nitrogens is 2. The zero-order valence-electron chi connectivity index (χ0n) is 17.1. The molecule has 0 aliphatic rings. The minimum Gasteiger partial charge on any atom is -0.418 e. The minimum atomic E-state index is -0.611. The Hall–Kier alpha value is -3.64. The molecule has 156 valence electrons. The van der Waals surface area contributed by atoms with Gasteiger partial charge >= 0.3 is 6.03 Å². The number of amides is 2. The summed E-state index contributed by atoms with van der Waals surface area (Å²) in [4.78, 5) is 12.8. The summed E-state index contributed by atoms with van der Waals surface area (Å²) < 4.78 is 5.91. The van der Waals surface area contributed by atoms with E-state index in [0.717, 1.165) is 22.3 Å². The molecule has 3 aromatic carbocycles. The number of carbonyl (C=O) groups excluding carboxylic acids is 1. The van der Waals surface area contributed by atoms with Gasteiger partial charge in [0.05, 0.1) is 0 Å². The lowest BCUT2D eigenvalue weighted by Crippen LogP contribution is -2.33. The van der Waals surface area contributed by atoms with Crippen molar-refractivity contribution in [2.24, 2.45) is 0 Å². The van der Waals surface area contributed by atoms with Crippen LogP contribution in [0.4, 0.5) is 10.5 Å². The van der Waals surface area contributed by atoms with Crippen molar-refractivity contribution in [1.82, 2.24) is 15.5 Å². The largest absolute Gasteiger partial charge is 0.418 e. The molecule has 1 aromatic heterocycles. The third-order valence-corrected chi connectivity index (χ3v) is 4.92. The topological polar surface area (TPSA) is 80.0 Å². The van der Waals surface area contributed by atoms with E-state index in [-0.39, 0.29) is 11.9 Å². The number of nitrogens with zero attached hydrogens (tertiary/aromatic N) is 2. The van der Waals surface area contributed by atoms with Crippen molar-refractivity contribution in [3.8, 4) is 11.5 Å². The summed E-state index contributed by atoms with van der Waals surface area (Å²) in [5, 5.41) is 14.8. The summed E-state index contributed by atoms with van der Waals surface area (Å²) in [7, 11) is 0. The number of carbonyl (C=O) groups is 1. The Balaban J connectivity index is 1.59. The molecular formula is C24H21ClN4O2. The molecule has 0 saturated carbocycles. The molecule has 0 unspecified atom stereocenters. The molecule has 31 heavy (non-hydrogen) atoms. The van der Waals surface area contributed by atoms with Crippen molar-refractivity contribution in [3.05, 3.63) is 100 Å². The molecule has 0 radical (unpaired) electrons. The first kappa shape index (κ1) is 20.6. The van der Waals surface area contributed by atoms with Crippen LogP contribution < -0.4 is 10.6 Å². The minimum absolute atomic E-state index is 0.284. The first-order valence-corrected chi connectivity index (χ1v) is 10.2. The smallest absolute Gasteiger partial charge is 0.320 e. The van der Waals surface area contributed by atoms with Crippen LogP contribution in [0.15, 0.2) is 77.2 Å². The highest BCUT2D eigenvalue weighted by Gasteiger charge is 2.23. The number of rotatable bonds is 5. The summed E-state index contributed by atoms with van der Waals surface area (Å²) in [5.74, 6) is 0.635. The molecule has 4 aromatic rings. The fraction of sp³-hybridized carbons (Fsp3) is 0.125. The van der Waals surface area contributed by atoms with Crippen LogP contribution in [0.1, 0.15) is 28.6 Å². The molecule has 6 nitrogen and oxygen atoms in total. The second kappa shape index (κ2) is 9.02. The van der Waals surface area contributed by atoms with E-state index in [9.17, 15) is 4.79 Å². The summed E-state index contributed by atoms with van der Waals surface area (Å²) >= 11 is 5.96. The predicted molar refractivity (Wildman–Crippen MR) is 121 cm³/mol. The number of anilines is 1. The van der Waals surface area contributed by atoms with Crippen LogP contribution in [0.2, 0.25) is 5.02 Å². The van der Waals surface area contributed by atoms with E-state index in [1.807, 2.05) is 62.4 Å². The molecule has 0 fully saturated rings. The highest BCUT2D eigenvalue weighted by atomic mass is 35.5. The highest BCUT2D eigenvalue weighted by Crippen LogP contribution is 2.26. The molecule has 4 rings (SSSR count). The lowest BCUT2D eigenvalue weighted by atomic mass is 10.1. The first-order valence-electron chi connectivity index (χ1n) is 9.78.